The number of aryl methyl sites for hydroxylation is 1. The highest BCUT2D eigenvalue weighted by Gasteiger charge is 2.30. The Bertz CT molecular complexity index is 1020. The van der Waals surface area contributed by atoms with Gasteiger partial charge >= 0.3 is 18.1 Å². The quantitative estimate of drug-likeness (QED) is 0.378. The lowest BCUT2D eigenvalue weighted by Gasteiger charge is -2.19. The van der Waals surface area contributed by atoms with E-state index < -0.39 is 6.09 Å². The van der Waals surface area contributed by atoms with Crippen molar-refractivity contribution >= 4 is 35.3 Å². The summed E-state index contributed by atoms with van der Waals surface area (Å²) >= 11 is 0. The largest absolute Gasteiger partial charge is 0.469 e. The number of amides is 3. The van der Waals surface area contributed by atoms with Crippen molar-refractivity contribution in [1.29, 1.82) is 5.41 Å². The van der Waals surface area contributed by atoms with Crippen LogP contribution in [-0.4, -0.2) is 50.2 Å². The van der Waals surface area contributed by atoms with Gasteiger partial charge in [0.1, 0.15) is 5.84 Å². The summed E-state index contributed by atoms with van der Waals surface area (Å²) in [5.74, 6) is -0.328. The second-order valence-electron chi connectivity index (χ2n) is 7.83. The molecule has 1 heterocycles. The molecule has 3 rings (SSSR count). The number of rotatable bonds is 7. The number of nitrogens with one attached hydrogen (secondary N) is 2. The van der Waals surface area contributed by atoms with Gasteiger partial charge in [0.05, 0.1) is 13.2 Å². The number of benzene rings is 2. The zero-order chi connectivity index (χ0) is 24.0. The standard InChI is InChI=1S/C24H28N4O5/c1-16(2)33-23(30)26-22(25)18-7-11-20(12-8-18)28-15-14-27(24(28)31)19-9-4-17(5-10-19)6-13-21(29)32-3/h4-5,7-12,16H,6,13-15H2,1-3H3,(H2,25,26,30). The molecule has 3 amide bonds. The topological polar surface area (TPSA) is 112 Å². The van der Waals surface area contributed by atoms with Crippen LogP contribution in [0.15, 0.2) is 48.5 Å². The zero-order valence-electron chi connectivity index (χ0n) is 19.0. The van der Waals surface area contributed by atoms with Crippen LogP contribution in [0, 0.1) is 5.41 Å². The Kier molecular flexibility index (Phi) is 7.66. The highest BCUT2D eigenvalue weighted by Crippen LogP contribution is 2.26. The number of carbonyl (C=O) groups excluding carboxylic acids is 3. The molecular weight excluding hydrogens is 424 g/mol. The second kappa shape index (κ2) is 10.6. The Labute approximate surface area is 192 Å². The van der Waals surface area contributed by atoms with Crippen molar-refractivity contribution in [3.63, 3.8) is 0 Å². The molecule has 174 valence electrons. The maximum absolute atomic E-state index is 13.0. The number of carbonyl (C=O) groups is 3. The average Bonchev–Trinajstić information content (AvgIpc) is 3.18. The van der Waals surface area contributed by atoms with Crippen molar-refractivity contribution in [2.24, 2.45) is 0 Å². The van der Waals surface area contributed by atoms with Crippen LogP contribution in [0.25, 0.3) is 0 Å². The fourth-order valence-corrected chi connectivity index (χ4v) is 3.43. The molecule has 0 radical (unpaired) electrons. The third-order valence-corrected chi connectivity index (χ3v) is 5.14. The number of esters is 1. The molecule has 2 N–H and O–H groups in total. The van der Waals surface area contributed by atoms with Gasteiger partial charge in [-0.05, 0) is 62.2 Å². The zero-order valence-corrected chi connectivity index (χ0v) is 19.0. The fourth-order valence-electron chi connectivity index (χ4n) is 3.43. The van der Waals surface area contributed by atoms with E-state index in [2.05, 4.69) is 10.1 Å². The van der Waals surface area contributed by atoms with Gasteiger partial charge in [0, 0.05) is 36.4 Å². The van der Waals surface area contributed by atoms with Crippen LogP contribution in [-0.2, 0) is 20.7 Å². The summed E-state index contributed by atoms with van der Waals surface area (Å²) in [4.78, 5) is 39.3. The Balaban J connectivity index is 1.61. The van der Waals surface area contributed by atoms with Crippen molar-refractivity contribution in [3.8, 4) is 0 Å². The van der Waals surface area contributed by atoms with Crippen LogP contribution < -0.4 is 15.1 Å². The van der Waals surface area contributed by atoms with E-state index in [0.717, 1.165) is 11.3 Å². The lowest BCUT2D eigenvalue weighted by atomic mass is 10.1. The molecule has 9 heteroatoms. The third-order valence-electron chi connectivity index (χ3n) is 5.14. The SMILES string of the molecule is COC(=O)CCc1ccc(N2CCN(c3ccc(C(=N)NC(=O)OC(C)C)cc3)C2=O)cc1. The van der Waals surface area contributed by atoms with Crippen LogP contribution in [0.4, 0.5) is 21.0 Å². The Morgan fingerprint density at radius 3 is 2.06 bits per heavy atom. The number of methoxy groups -OCH3 is 1. The molecule has 0 atom stereocenters. The molecule has 2 aromatic rings. The summed E-state index contributed by atoms with van der Waals surface area (Å²) in [5.41, 5.74) is 3.00. The van der Waals surface area contributed by atoms with E-state index in [-0.39, 0.29) is 23.9 Å². The summed E-state index contributed by atoms with van der Waals surface area (Å²) in [6.07, 6.45) is -0.0619. The summed E-state index contributed by atoms with van der Waals surface area (Å²) in [6, 6.07) is 14.3. The molecule has 0 aliphatic carbocycles. The molecule has 0 spiro atoms. The predicted molar refractivity (Wildman–Crippen MR) is 125 cm³/mol. The van der Waals surface area contributed by atoms with Gasteiger partial charge in [-0.15, -0.1) is 0 Å². The summed E-state index contributed by atoms with van der Waals surface area (Å²) in [7, 11) is 1.37. The molecule has 1 fully saturated rings. The Morgan fingerprint density at radius 2 is 1.55 bits per heavy atom. The normalized spacial score (nSPS) is 13.3. The molecule has 0 aromatic heterocycles. The van der Waals surface area contributed by atoms with E-state index in [0.29, 0.717) is 37.2 Å². The fraction of sp³-hybridized carbons (Fsp3) is 0.333. The summed E-state index contributed by atoms with van der Waals surface area (Å²) < 4.78 is 9.64. The molecule has 0 bridgehead atoms. The minimum atomic E-state index is -0.680. The number of urea groups is 1. The molecule has 0 saturated carbocycles. The lowest BCUT2D eigenvalue weighted by molar-refractivity contribution is -0.140. The van der Waals surface area contributed by atoms with E-state index in [1.165, 1.54) is 7.11 Å². The van der Waals surface area contributed by atoms with Crippen LogP contribution in [0.2, 0.25) is 0 Å². The predicted octanol–water partition coefficient (Wildman–Crippen LogP) is 3.70. The number of hydrogen-bond acceptors (Lipinski definition) is 6. The minimum absolute atomic E-state index is 0.0751. The van der Waals surface area contributed by atoms with E-state index in [9.17, 15) is 14.4 Å². The number of anilines is 2. The molecule has 1 saturated heterocycles. The monoisotopic (exact) mass is 452 g/mol. The van der Waals surface area contributed by atoms with Gasteiger partial charge in [0.25, 0.3) is 0 Å². The molecule has 1 aliphatic heterocycles. The maximum Gasteiger partial charge on any atom is 0.413 e. The van der Waals surface area contributed by atoms with E-state index in [4.69, 9.17) is 10.1 Å². The summed E-state index contributed by atoms with van der Waals surface area (Å²) in [6.45, 7) is 4.53. The van der Waals surface area contributed by atoms with Crippen molar-refractivity contribution in [3.05, 3.63) is 59.7 Å². The molecular formula is C24H28N4O5. The van der Waals surface area contributed by atoms with Crippen molar-refractivity contribution < 1.29 is 23.9 Å². The minimum Gasteiger partial charge on any atom is -0.469 e. The van der Waals surface area contributed by atoms with Gasteiger partial charge in [-0.1, -0.05) is 12.1 Å². The van der Waals surface area contributed by atoms with Crippen LogP contribution in [0.3, 0.4) is 0 Å². The van der Waals surface area contributed by atoms with Gasteiger partial charge in [-0.25, -0.2) is 9.59 Å². The first kappa shape index (κ1) is 23.8. The molecule has 9 nitrogen and oxygen atoms in total. The molecule has 1 aliphatic rings. The third kappa shape index (κ3) is 6.09. The number of ether oxygens (including phenoxy) is 2. The molecule has 33 heavy (non-hydrogen) atoms. The number of amidine groups is 1. The average molecular weight is 453 g/mol. The number of nitrogens with zero attached hydrogens (tertiary/aromatic N) is 2. The van der Waals surface area contributed by atoms with Crippen LogP contribution >= 0.6 is 0 Å². The Hall–Kier alpha value is -3.88. The summed E-state index contributed by atoms with van der Waals surface area (Å²) in [5, 5.41) is 10.4. The van der Waals surface area contributed by atoms with Crippen LogP contribution in [0.1, 0.15) is 31.4 Å². The molecule has 2 aromatic carbocycles. The van der Waals surface area contributed by atoms with E-state index in [1.807, 2.05) is 24.3 Å². The first-order valence-electron chi connectivity index (χ1n) is 10.7. The number of hydrogen-bond donors (Lipinski definition) is 2. The lowest BCUT2D eigenvalue weighted by Crippen LogP contribution is -2.33. The van der Waals surface area contributed by atoms with Crippen molar-refractivity contribution in [2.45, 2.75) is 32.8 Å². The van der Waals surface area contributed by atoms with Gasteiger partial charge in [-0.3, -0.25) is 25.3 Å². The Morgan fingerprint density at radius 1 is 1.00 bits per heavy atom. The first-order valence-corrected chi connectivity index (χ1v) is 10.7. The smallest absolute Gasteiger partial charge is 0.413 e. The van der Waals surface area contributed by atoms with Crippen LogP contribution in [0.5, 0.6) is 0 Å². The van der Waals surface area contributed by atoms with Gasteiger partial charge < -0.3 is 9.47 Å². The van der Waals surface area contributed by atoms with Gasteiger partial charge in [0.15, 0.2) is 0 Å². The first-order chi connectivity index (χ1) is 15.8. The van der Waals surface area contributed by atoms with Gasteiger partial charge in [-0.2, -0.15) is 0 Å². The second-order valence-corrected chi connectivity index (χ2v) is 7.83. The van der Waals surface area contributed by atoms with E-state index >= 15 is 0 Å². The number of alkyl carbamates (subject to hydrolysis) is 1. The highest BCUT2D eigenvalue weighted by molar-refractivity contribution is 6.07. The van der Waals surface area contributed by atoms with Crippen molar-refractivity contribution in [1.82, 2.24) is 5.32 Å². The molecule has 0 unspecified atom stereocenters. The van der Waals surface area contributed by atoms with E-state index in [1.54, 1.807) is 47.9 Å². The van der Waals surface area contributed by atoms with Crippen molar-refractivity contribution in [2.75, 3.05) is 30.0 Å². The highest BCUT2D eigenvalue weighted by atomic mass is 16.6. The van der Waals surface area contributed by atoms with Gasteiger partial charge in [0.2, 0.25) is 0 Å². The maximum atomic E-state index is 13.0.